The normalized spacial score (nSPS) is 11.9. The molecular formula is C48H53FN12O8+2. The molecule has 0 saturated carbocycles. The van der Waals surface area contributed by atoms with Gasteiger partial charge in [0.25, 0.3) is 0 Å². The van der Waals surface area contributed by atoms with Gasteiger partial charge in [-0.3, -0.25) is 10.7 Å². The summed E-state index contributed by atoms with van der Waals surface area (Å²) in [6, 6.07) is 18.0. The second kappa shape index (κ2) is 19.9. The van der Waals surface area contributed by atoms with Gasteiger partial charge < -0.3 is 34.7 Å². The standard InChI is InChI=1S/C48H51FN12O8/c1-28(12-11-19-68-42-33(25-52-56(42)3)36-21-31(44(62)63)20-29(2)53-36)26-59-40-23-30(46(66)67-5)15-16-39(40)61(48(59)51)60-27-34(37-22-32(45(64)65)24-41(49)54-37)43(57(60)4)69-18-10-6-9-17-58-38-14-8-7-13-35(38)55-47(58)50/h7-8,13-16,20-25,27-28,51H,6,9-12,17-19,26H2,1-5H3,(H3-,50,55,62,63,64,65)/p+2/t28-/m1/s1. The van der Waals surface area contributed by atoms with Crippen LogP contribution in [0.2, 0.25) is 0 Å². The first-order valence-corrected chi connectivity index (χ1v) is 22.3. The maximum atomic E-state index is 15.0. The van der Waals surface area contributed by atoms with Crippen molar-refractivity contribution in [3.05, 3.63) is 107 Å². The maximum absolute atomic E-state index is 15.0. The molecule has 2 aromatic carbocycles. The third kappa shape index (κ3) is 9.74. The van der Waals surface area contributed by atoms with E-state index >= 15 is 0 Å². The number of anilines is 2. The number of nitrogen functional groups attached to an aromatic ring is 2. The number of carboxylic acids is 2. The number of fused-ring (bicyclic) bond motifs is 2. The number of benzene rings is 2. The van der Waals surface area contributed by atoms with Crippen molar-refractivity contribution < 1.29 is 52.4 Å². The summed E-state index contributed by atoms with van der Waals surface area (Å²) in [6.45, 7) is 5.45. The molecule has 0 aliphatic carbocycles. The number of aryl methyl sites for hydroxylation is 3. The van der Waals surface area contributed by atoms with Crippen LogP contribution in [0.25, 0.3) is 44.6 Å². The minimum Gasteiger partial charge on any atom is -0.478 e. The van der Waals surface area contributed by atoms with Crippen molar-refractivity contribution in [1.29, 1.82) is 0 Å². The van der Waals surface area contributed by atoms with Gasteiger partial charge in [-0.1, -0.05) is 23.7 Å². The largest absolute Gasteiger partial charge is 0.478 e. The van der Waals surface area contributed by atoms with Crippen molar-refractivity contribution in [2.75, 3.05) is 31.8 Å². The van der Waals surface area contributed by atoms with Gasteiger partial charge in [0.1, 0.15) is 18.8 Å². The molecule has 0 spiro atoms. The van der Waals surface area contributed by atoms with E-state index in [1.807, 2.05) is 33.4 Å². The van der Waals surface area contributed by atoms with E-state index in [9.17, 15) is 29.0 Å². The van der Waals surface area contributed by atoms with Gasteiger partial charge in [-0.15, -0.1) is 4.68 Å². The fraction of sp³-hybridized carbons (Fsp3) is 0.312. The molecule has 6 aromatic heterocycles. The fourth-order valence-electron chi connectivity index (χ4n) is 8.51. The van der Waals surface area contributed by atoms with Gasteiger partial charge in [0, 0.05) is 25.4 Å². The fourth-order valence-corrected chi connectivity index (χ4v) is 8.51. The van der Waals surface area contributed by atoms with Crippen molar-refractivity contribution in [2.24, 2.45) is 20.0 Å². The van der Waals surface area contributed by atoms with Gasteiger partial charge in [0.05, 0.1) is 77.7 Å². The zero-order valence-electron chi connectivity index (χ0n) is 38.8. The smallest absolute Gasteiger partial charge is 0.412 e. The number of carbonyl (C=O) groups excluding carboxylic acids is 1. The topological polar surface area (TPSA) is 250 Å². The molecule has 69 heavy (non-hydrogen) atoms. The molecule has 0 saturated heterocycles. The van der Waals surface area contributed by atoms with Crippen molar-refractivity contribution >= 4 is 51.9 Å². The molecule has 0 bridgehead atoms. The summed E-state index contributed by atoms with van der Waals surface area (Å²) >= 11 is 0. The van der Waals surface area contributed by atoms with E-state index in [-0.39, 0.29) is 41.2 Å². The lowest BCUT2D eigenvalue weighted by atomic mass is 10.1. The Bertz CT molecular complexity index is 3250. The van der Waals surface area contributed by atoms with E-state index in [0.29, 0.717) is 89.9 Å². The average molecular weight is 945 g/mol. The highest BCUT2D eigenvalue weighted by Crippen LogP contribution is 2.31. The first-order chi connectivity index (χ1) is 33.1. The molecule has 6 heterocycles. The number of methoxy groups -OCH3 is 1. The second-order valence-corrected chi connectivity index (χ2v) is 16.8. The number of esters is 1. The minimum absolute atomic E-state index is 0.0204. The lowest BCUT2D eigenvalue weighted by Crippen LogP contribution is -2.45. The van der Waals surface area contributed by atoms with Crippen LogP contribution in [0.1, 0.15) is 75.8 Å². The predicted molar refractivity (Wildman–Crippen MR) is 250 cm³/mol. The van der Waals surface area contributed by atoms with Gasteiger partial charge in [0.15, 0.2) is 11.0 Å². The summed E-state index contributed by atoms with van der Waals surface area (Å²) in [7, 11) is 4.78. The summed E-state index contributed by atoms with van der Waals surface area (Å²) in [6.07, 6.45) is 6.77. The number of carboxylic acid groups (broad SMARTS) is 2. The Labute approximate surface area is 394 Å². The lowest BCUT2D eigenvalue weighted by molar-refractivity contribution is -0.761. The van der Waals surface area contributed by atoms with Crippen molar-refractivity contribution in [3.63, 3.8) is 0 Å². The number of halogens is 1. The molecule has 0 aliphatic rings. The molecule has 8 rings (SSSR count). The first-order valence-electron chi connectivity index (χ1n) is 22.3. The second-order valence-electron chi connectivity index (χ2n) is 16.8. The number of imidazole rings is 2. The van der Waals surface area contributed by atoms with Crippen LogP contribution in [0.3, 0.4) is 0 Å². The summed E-state index contributed by atoms with van der Waals surface area (Å²) in [5.74, 6) is -2.43. The Morgan fingerprint density at radius 1 is 0.841 bits per heavy atom. The monoisotopic (exact) mass is 944 g/mol. The van der Waals surface area contributed by atoms with Crippen LogP contribution in [0.4, 0.5) is 16.3 Å². The van der Waals surface area contributed by atoms with Crippen LogP contribution in [-0.4, -0.2) is 87.2 Å². The van der Waals surface area contributed by atoms with Gasteiger partial charge in [-0.25, -0.2) is 33.6 Å². The molecule has 0 fully saturated rings. The van der Waals surface area contributed by atoms with Crippen LogP contribution < -0.4 is 30.2 Å². The summed E-state index contributed by atoms with van der Waals surface area (Å²) < 4.78 is 41.6. The third-order valence-corrected chi connectivity index (χ3v) is 11.9. The molecule has 0 aliphatic heterocycles. The summed E-state index contributed by atoms with van der Waals surface area (Å²) in [4.78, 5) is 51.4. The van der Waals surface area contributed by atoms with E-state index in [0.717, 1.165) is 29.9 Å². The highest BCUT2D eigenvalue weighted by atomic mass is 19.1. The maximum Gasteiger partial charge on any atom is 0.412 e. The van der Waals surface area contributed by atoms with Gasteiger partial charge in [0.2, 0.25) is 17.8 Å². The Kier molecular flexibility index (Phi) is 13.6. The van der Waals surface area contributed by atoms with Crippen molar-refractivity contribution in [1.82, 2.24) is 38.8 Å². The van der Waals surface area contributed by atoms with E-state index in [1.165, 1.54) is 25.3 Å². The number of para-hydroxylation sites is 2. The van der Waals surface area contributed by atoms with Gasteiger partial charge >= 0.3 is 29.7 Å². The van der Waals surface area contributed by atoms with E-state index < -0.39 is 23.9 Å². The Hall–Kier alpha value is -8.36. The number of ether oxygens (including phenoxy) is 3. The molecule has 6 N–H and O–H groups in total. The summed E-state index contributed by atoms with van der Waals surface area (Å²) in [5, 5.41) is 23.8. The molecule has 0 radical (unpaired) electrons. The number of rotatable bonds is 20. The zero-order chi connectivity index (χ0) is 49.1. The number of pyridine rings is 2. The molecule has 1 atom stereocenters. The highest BCUT2D eigenvalue weighted by molar-refractivity contribution is 5.93. The number of nitrogens with two attached hydrogens (primary N) is 2. The van der Waals surface area contributed by atoms with Crippen LogP contribution in [-0.2, 0) is 31.9 Å². The molecule has 0 unspecified atom stereocenters. The quantitative estimate of drug-likeness (QED) is 0.0314. The third-order valence-electron chi connectivity index (χ3n) is 11.9. The number of aromatic carboxylic acids is 2. The number of aromatic nitrogens is 10. The Balaban J connectivity index is 1.05. The molecule has 0 amide bonds. The van der Waals surface area contributed by atoms with Gasteiger partial charge in [-0.05, 0) is 98.3 Å². The number of hydrogen-bond donors (Lipinski definition) is 4. The number of carbonyl (C=O) groups is 3. The molecule has 20 nitrogen and oxygen atoms in total. The molecule has 21 heteroatoms. The minimum atomic E-state index is -1.32. The number of nitrogens with zero attached hydrogens (tertiary/aromatic N) is 10. The number of unbranched alkanes of at least 4 members (excludes halogenated alkanes) is 2. The predicted octanol–water partition coefficient (Wildman–Crippen LogP) is 5.61. The first kappa shape index (κ1) is 47.1. The van der Waals surface area contributed by atoms with Crippen LogP contribution in [0, 0.1) is 18.8 Å². The molecular weight excluding hydrogens is 892 g/mol. The Morgan fingerprint density at radius 3 is 2.32 bits per heavy atom. The Morgan fingerprint density at radius 2 is 1.57 bits per heavy atom. The van der Waals surface area contributed by atoms with Crippen LogP contribution in [0.15, 0.2) is 79.1 Å². The lowest BCUT2D eigenvalue weighted by Gasteiger charge is -2.13. The SMILES string of the molecule is COC(=O)c1ccc2c(c1)[n+](C[C@H](C)CCCOc1c(-c3cc(C(=O)O)cc(C)n3)cnn1C)c(N)n2-n1cc(-c2cc(C(=O)O)cc(F)n2)c(OCCCCCn2c(N)nc3ccccc32)[n+]1C. The van der Waals surface area contributed by atoms with Crippen molar-refractivity contribution in [2.45, 2.75) is 59.0 Å². The average Bonchev–Trinajstić information content (AvgIpc) is 4.04. The zero-order valence-corrected chi connectivity index (χ0v) is 38.8. The van der Waals surface area contributed by atoms with E-state index in [1.54, 1.807) is 70.4 Å². The highest BCUT2D eigenvalue weighted by Gasteiger charge is 2.32. The molecule has 8 aromatic rings. The van der Waals surface area contributed by atoms with Crippen LogP contribution in [0.5, 0.6) is 11.8 Å². The molecule has 358 valence electrons. The van der Waals surface area contributed by atoms with Gasteiger partial charge in [-0.2, -0.15) is 9.49 Å². The number of hydrogen-bond acceptors (Lipinski definition) is 12. The van der Waals surface area contributed by atoms with Crippen molar-refractivity contribution in [3.8, 4) is 34.3 Å². The summed E-state index contributed by atoms with van der Waals surface area (Å²) in [5.41, 5.74) is 18.3. The van der Waals surface area contributed by atoms with E-state index in [4.69, 9.17) is 25.7 Å². The van der Waals surface area contributed by atoms with Crippen LogP contribution >= 0.6 is 0 Å². The van der Waals surface area contributed by atoms with E-state index in [2.05, 4.69) is 27.0 Å².